The number of benzene rings is 2. The maximum Gasteiger partial charge on any atom is 0.173 e. The van der Waals surface area contributed by atoms with Gasteiger partial charge >= 0.3 is 0 Å². The molecule has 0 fully saturated rings. The average molecular weight is 263 g/mol. The Morgan fingerprint density at radius 2 is 1.80 bits per heavy atom. The molecule has 4 rings (SSSR count). The van der Waals surface area contributed by atoms with Crippen molar-refractivity contribution in [3.63, 3.8) is 0 Å². The SMILES string of the molecule is c1ccc2c(c1)CO[C@@H](c1cnc3ccccc3n1)N2. The summed E-state index contributed by atoms with van der Waals surface area (Å²) in [5.41, 5.74) is 4.84. The van der Waals surface area contributed by atoms with Crippen molar-refractivity contribution in [2.75, 3.05) is 5.32 Å². The molecule has 4 heteroatoms. The summed E-state index contributed by atoms with van der Waals surface area (Å²) >= 11 is 0. The Bertz CT molecular complexity index is 772. The van der Waals surface area contributed by atoms with Gasteiger partial charge in [0.15, 0.2) is 6.23 Å². The van der Waals surface area contributed by atoms with E-state index in [0.717, 1.165) is 28.0 Å². The Labute approximate surface area is 116 Å². The van der Waals surface area contributed by atoms with Gasteiger partial charge in [0.2, 0.25) is 0 Å². The number of aromatic nitrogens is 2. The van der Waals surface area contributed by atoms with Crippen LogP contribution in [0, 0.1) is 0 Å². The number of nitrogens with one attached hydrogen (secondary N) is 1. The summed E-state index contributed by atoms with van der Waals surface area (Å²) in [6, 6.07) is 16.0. The molecule has 0 saturated heterocycles. The Morgan fingerprint density at radius 1 is 1.00 bits per heavy atom. The third-order valence-electron chi connectivity index (χ3n) is 3.45. The molecule has 2 aromatic carbocycles. The van der Waals surface area contributed by atoms with Crippen molar-refractivity contribution in [2.45, 2.75) is 12.8 Å². The summed E-state index contributed by atoms with van der Waals surface area (Å²) in [7, 11) is 0. The van der Waals surface area contributed by atoms with Gasteiger partial charge in [0.25, 0.3) is 0 Å². The van der Waals surface area contributed by atoms with Gasteiger partial charge in [-0.2, -0.15) is 0 Å². The van der Waals surface area contributed by atoms with E-state index in [4.69, 9.17) is 4.74 Å². The summed E-state index contributed by atoms with van der Waals surface area (Å²) in [6.07, 6.45) is 1.52. The molecule has 0 radical (unpaired) electrons. The van der Waals surface area contributed by atoms with E-state index in [9.17, 15) is 0 Å². The Balaban J connectivity index is 1.70. The lowest BCUT2D eigenvalue weighted by Crippen LogP contribution is -2.21. The van der Waals surface area contributed by atoms with Crippen molar-refractivity contribution in [1.29, 1.82) is 0 Å². The van der Waals surface area contributed by atoms with E-state index in [1.54, 1.807) is 6.20 Å². The standard InChI is InChI=1S/C16H13N3O/c1-2-6-12-11(5-1)10-20-16(19-12)15-9-17-13-7-3-4-8-14(13)18-15/h1-9,16,19H,10H2/t16-/m0/s1. The van der Waals surface area contributed by atoms with Gasteiger partial charge in [-0.1, -0.05) is 30.3 Å². The summed E-state index contributed by atoms with van der Waals surface area (Å²) in [5.74, 6) is 0. The van der Waals surface area contributed by atoms with Crippen LogP contribution in [0.1, 0.15) is 17.5 Å². The summed E-state index contributed by atoms with van der Waals surface area (Å²) in [4.78, 5) is 9.05. The lowest BCUT2D eigenvalue weighted by molar-refractivity contribution is 0.0480. The van der Waals surface area contributed by atoms with Crippen molar-refractivity contribution in [3.8, 4) is 0 Å². The topological polar surface area (TPSA) is 47.0 Å². The molecule has 0 amide bonds. The lowest BCUT2D eigenvalue weighted by atomic mass is 10.1. The van der Waals surface area contributed by atoms with E-state index in [0.29, 0.717) is 6.61 Å². The molecule has 3 aromatic rings. The van der Waals surface area contributed by atoms with Gasteiger partial charge in [0.1, 0.15) is 5.69 Å². The molecule has 2 heterocycles. The molecule has 1 aliphatic rings. The van der Waals surface area contributed by atoms with Gasteiger partial charge in [0.05, 0.1) is 23.8 Å². The number of fused-ring (bicyclic) bond motifs is 2. The highest BCUT2D eigenvalue weighted by Crippen LogP contribution is 2.29. The zero-order chi connectivity index (χ0) is 13.4. The van der Waals surface area contributed by atoms with Crippen LogP contribution in [-0.4, -0.2) is 9.97 Å². The van der Waals surface area contributed by atoms with Crippen LogP contribution in [0.4, 0.5) is 5.69 Å². The maximum absolute atomic E-state index is 5.83. The Morgan fingerprint density at radius 3 is 2.75 bits per heavy atom. The second-order valence-electron chi connectivity index (χ2n) is 4.78. The summed E-state index contributed by atoms with van der Waals surface area (Å²) < 4.78 is 5.83. The first kappa shape index (κ1) is 11.4. The second kappa shape index (κ2) is 4.58. The quantitative estimate of drug-likeness (QED) is 0.732. The Kier molecular flexibility index (Phi) is 2.60. The molecule has 0 bridgehead atoms. The zero-order valence-electron chi connectivity index (χ0n) is 10.8. The van der Waals surface area contributed by atoms with Gasteiger partial charge in [-0.15, -0.1) is 0 Å². The van der Waals surface area contributed by atoms with Crippen LogP contribution < -0.4 is 5.32 Å². The van der Waals surface area contributed by atoms with E-state index in [1.807, 2.05) is 36.4 Å². The smallest absolute Gasteiger partial charge is 0.173 e. The number of nitrogens with zero attached hydrogens (tertiary/aromatic N) is 2. The van der Waals surface area contributed by atoms with Crippen molar-refractivity contribution in [2.24, 2.45) is 0 Å². The van der Waals surface area contributed by atoms with Crippen LogP contribution in [0.25, 0.3) is 11.0 Å². The number of ether oxygens (including phenoxy) is 1. The molecule has 1 atom stereocenters. The number of anilines is 1. The van der Waals surface area contributed by atoms with Gasteiger partial charge in [-0.25, -0.2) is 4.98 Å². The van der Waals surface area contributed by atoms with Gasteiger partial charge < -0.3 is 10.1 Å². The fraction of sp³-hybridized carbons (Fsp3) is 0.125. The van der Waals surface area contributed by atoms with Crippen molar-refractivity contribution in [1.82, 2.24) is 9.97 Å². The Hall–Kier alpha value is -2.46. The molecule has 1 aromatic heterocycles. The molecule has 0 saturated carbocycles. The van der Waals surface area contributed by atoms with E-state index in [1.165, 1.54) is 0 Å². The first-order valence-electron chi connectivity index (χ1n) is 6.58. The lowest BCUT2D eigenvalue weighted by Gasteiger charge is -2.26. The van der Waals surface area contributed by atoms with E-state index < -0.39 is 0 Å². The molecule has 0 unspecified atom stereocenters. The van der Waals surface area contributed by atoms with E-state index in [2.05, 4.69) is 27.4 Å². The van der Waals surface area contributed by atoms with Crippen molar-refractivity contribution in [3.05, 3.63) is 66.0 Å². The third-order valence-corrected chi connectivity index (χ3v) is 3.45. The molecule has 0 aliphatic carbocycles. The molecule has 20 heavy (non-hydrogen) atoms. The highest BCUT2D eigenvalue weighted by molar-refractivity contribution is 5.73. The van der Waals surface area contributed by atoms with E-state index in [-0.39, 0.29) is 6.23 Å². The van der Waals surface area contributed by atoms with Gasteiger partial charge in [-0.05, 0) is 18.2 Å². The van der Waals surface area contributed by atoms with Crippen LogP contribution in [0.5, 0.6) is 0 Å². The van der Waals surface area contributed by atoms with Crippen LogP contribution in [0.2, 0.25) is 0 Å². The maximum atomic E-state index is 5.83. The number of para-hydroxylation sites is 3. The monoisotopic (exact) mass is 263 g/mol. The number of hydrogen-bond acceptors (Lipinski definition) is 4. The third kappa shape index (κ3) is 1.90. The minimum atomic E-state index is -0.248. The molecular weight excluding hydrogens is 250 g/mol. The highest BCUT2D eigenvalue weighted by Gasteiger charge is 2.20. The predicted molar refractivity (Wildman–Crippen MR) is 77.1 cm³/mol. The first-order chi connectivity index (χ1) is 9.90. The molecule has 0 spiro atoms. The van der Waals surface area contributed by atoms with Crippen LogP contribution in [-0.2, 0) is 11.3 Å². The predicted octanol–water partition coefficient (Wildman–Crippen LogP) is 3.27. The van der Waals surface area contributed by atoms with Crippen LogP contribution in [0.15, 0.2) is 54.7 Å². The summed E-state index contributed by atoms with van der Waals surface area (Å²) in [6.45, 7) is 0.586. The van der Waals surface area contributed by atoms with Crippen LogP contribution >= 0.6 is 0 Å². The number of hydrogen-bond donors (Lipinski definition) is 1. The molecule has 1 N–H and O–H groups in total. The highest BCUT2D eigenvalue weighted by atomic mass is 16.5. The molecular formula is C16H13N3O. The average Bonchev–Trinajstić information content (AvgIpc) is 2.54. The van der Waals surface area contributed by atoms with Crippen LogP contribution in [0.3, 0.4) is 0 Å². The summed E-state index contributed by atoms with van der Waals surface area (Å²) in [5, 5.41) is 3.35. The van der Waals surface area contributed by atoms with Gasteiger partial charge in [0, 0.05) is 11.3 Å². The minimum absolute atomic E-state index is 0.248. The molecule has 1 aliphatic heterocycles. The second-order valence-corrected chi connectivity index (χ2v) is 4.78. The first-order valence-corrected chi connectivity index (χ1v) is 6.58. The van der Waals surface area contributed by atoms with Gasteiger partial charge in [-0.3, -0.25) is 4.98 Å². The van der Waals surface area contributed by atoms with E-state index >= 15 is 0 Å². The van der Waals surface area contributed by atoms with Crippen molar-refractivity contribution >= 4 is 16.7 Å². The normalized spacial score (nSPS) is 17.5. The molecule has 98 valence electrons. The largest absolute Gasteiger partial charge is 0.355 e. The zero-order valence-corrected chi connectivity index (χ0v) is 10.8. The minimum Gasteiger partial charge on any atom is -0.355 e. The fourth-order valence-corrected chi connectivity index (χ4v) is 2.40. The van der Waals surface area contributed by atoms with Crippen molar-refractivity contribution < 1.29 is 4.74 Å². The fourth-order valence-electron chi connectivity index (χ4n) is 2.40. The number of rotatable bonds is 1. The molecule has 4 nitrogen and oxygen atoms in total.